The molecule has 2 fully saturated rings. The smallest absolute Gasteiger partial charge is 0.119 e. The Kier molecular flexibility index (Phi) is 1.22. The molecule has 1 nitrogen and oxygen atoms in total. The fourth-order valence-electron chi connectivity index (χ4n) is 3.58. The predicted molar refractivity (Wildman–Crippen MR) is 59.4 cm³/mol. The van der Waals surface area contributed by atoms with Gasteiger partial charge in [-0.15, -0.1) is 0 Å². The average molecular weight is 200 g/mol. The molecule has 0 bridgehead atoms. The van der Waals surface area contributed by atoms with E-state index >= 15 is 0 Å². The highest BCUT2D eigenvalue weighted by molar-refractivity contribution is 5.55. The molecule has 2 saturated carbocycles. The summed E-state index contributed by atoms with van der Waals surface area (Å²) in [6, 6.07) is 6.77. The van der Waals surface area contributed by atoms with Gasteiger partial charge in [-0.2, -0.15) is 0 Å². The van der Waals surface area contributed by atoms with Crippen molar-refractivity contribution in [1.29, 1.82) is 0 Å². The SMILES string of the molecule is COc1ccc2c(c1)C1(CC1)CC21CC1. The number of methoxy groups -OCH3 is 1. The maximum Gasteiger partial charge on any atom is 0.119 e. The largest absolute Gasteiger partial charge is 0.497 e. The number of fused-ring (bicyclic) bond motifs is 3. The Morgan fingerprint density at radius 2 is 1.67 bits per heavy atom. The highest BCUT2D eigenvalue weighted by atomic mass is 16.5. The first-order chi connectivity index (χ1) is 7.28. The molecule has 3 aliphatic carbocycles. The van der Waals surface area contributed by atoms with Gasteiger partial charge in [0.05, 0.1) is 7.11 Å². The molecule has 0 saturated heterocycles. The molecule has 1 heteroatoms. The second-order valence-corrected chi connectivity index (χ2v) is 5.65. The lowest BCUT2D eigenvalue weighted by Crippen LogP contribution is -2.03. The van der Waals surface area contributed by atoms with Crippen LogP contribution >= 0.6 is 0 Å². The molecule has 1 aromatic rings. The van der Waals surface area contributed by atoms with Crippen LogP contribution in [0.15, 0.2) is 18.2 Å². The average Bonchev–Trinajstić information content (AvgIpc) is 3.14. The molecule has 0 heterocycles. The molecule has 2 spiro atoms. The number of rotatable bonds is 1. The van der Waals surface area contributed by atoms with Crippen LogP contribution in [0.4, 0.5) is 0 Å². The zero-order valence-electron chi connectivity index (χ0n) is 9.18. The summed E-state index contributed by atoms with van der Waals surface area (Å²) in [5, 5.41) is 0. The first-order valence-electron chi connectivity index (χ1n) is 5.97. The lowest BCUT2D eigenvalue weighted by Gasteiger charge is -2.09. The van der Waals surface area contributed by atoms with Crippen LogP contribution in [0, 0.1) is 0 Å². The van der Waals surface area contributed by atoms with Gasteiger partial charge in [-0.1, -0.05) is 6.07 Å². The minimum Gasteiger partial charge on any atom is -0.497 e. The summed E-state index contributed by atoms with van der Waals surface area (Å²) in [5.41, 5.74) is 4.47. The van der Waals surface area contributed by atoms with E-state index in [1.165, 1.54) is 32.1 Å². The quantitative estimate of drug-likeness (QED) is 0.676. The van der Waals surface area contributed by atoms with Crippen molar-refractivity contribution in [3.05, 3.63) is 29.3 Å². The molecule has 4 rings (SSSR count). The molecule has 15 heavy (non-hydrogen) atoms. The van der Waals surface area contributed by atoms with Crippen molar-refractivity contribution in [3.63, 3.8) is 0 Å². The summed E-state index contributed by atoms with van der Waals surface area (Å²) >= 11 is 0. The van der Waals surface area contributed by atoms with Crippen molar-refractivity contribution >= 4 is 0 Å². The fraction of sp³-hybridized carbons (Fsp3) is 0.571. The van der Waals surface area contributed by atoms with Gasteiger partial charge in [-0.05, 0) is 66.2 Å². The molecule has 78 valence electrons. The maximum absolute atomic E-state index is 5.35. The van der Waals surface area contributed by atoms with E-state index in [4.69, 9.17) is 4.74 Å². The van der Waals surface area contributed by atoms with Crippen molar-refractivity contribution in [2.75, 3.05) is 7.11 Å². The van der Waals surface area contributed by atoms with E-state index in [1.54, 1.807) is 18.2 Å². The first kappa shape index (κ1) is 8.20. The molecule has 0 radical (unpaired) electrons. The van der Waals surface area contributed by atoms with Crippen LogP contribution in [0.5, 0.6) is 5.75 Å². The van der Waals surface area contributed by atoms with Crippen molar-refractivity contribution in [2.24, 2.45) is 0 Å². The predicted octanol–water partition coefficient (Wildman–Crippen LogP) is 3.16. The molecule has 0 aliphatic heterocycles. The van der Waals surface area contributed by atoms with E-state index in [1.807, 2.05) is 0 Å². The molecular formula is C14H16O. The van der Waals surface area contributed by atoms with Gasteiger partial charge in [0.25, 0.3) is 0 Å². The van der Waals surface area contributed by atoms with Gasteiger partial charge in [0, 0.05) is 0 Å². The topological polar surface area (TPSA) is 9.23 Å². The lowest BCUT2D eigenvalue weighted by molar-refractivity contribution is 0.414. The summed E-state index contributed by atoms with van der Waals surface area (Å²) in [4.78, 5) is 0. The molecule has 0 unspecified atom stereocenters. The Morgan fingerprint density at radius 3 is 2.27 bits per heavy atom. The number of ether oxygens (including phenoxy) is 1. The van der Waals surface area contributed by atoms with E-state index < -0.39 is 0 Å². The third kappa shape index (κ3) is 0.895. The Labute approximate surface area is 90.4 Å². The third-order valence-electron chi connectivity index (χ3n) is 4.75. The van der Waals surface area contributed by atoms with E-state index in [-0.39, 0.29) is 0 Å². The monoisotopic (exact) mass is 200 g/mol. The summed E-state index contributed by atoms with van der Waals surface area (Å²) in [5.74, 6) is 1.04. The van der Waals surface area contributed by atoms with E-state index in [2.05, 4.69) is 18.2 Å². The minimum absolute atomic E-state index is 0.584. The van der Waals surface area contributed by atoms with E-state index in [0.717, 1.165) is 5.75 Å². The van der Waals surface area contributed by atoms with Crippen molar-refractivity contribution < 1.29 is 4.74 Å². The highest BCUT2D eigenvalue weighted by Gasteiger charge is 2.62. The Balaban J connectivity index is 1.93. The first-order valence-corrected chi connectivity index (χ1v) is 5.97. The van der Waals surface area contributed by atoms with Crippen LogP contribution in [-0.2, 0) is 10.8 Å². The van der Waals surface area contributed by atoms with Gasteiger partial charge in [-0.25, -0.2) is 0 Å². The van der Waals surface area contributed by atoms with Crippen molar-refractivity contribution in [1.82, 2.24) is 0 Å². The standard InChI is InChI=1S/C14H16O/c1-15-10-2-3-11-12(8-10)14(6-7-14)9-13(11)4-5-13/h2-3,8H,4-7,9H2,1H3. The molecule has 0 aromatic heterocycles. The van der Waals surface area contributed by atoms with Crippen molar-refractivity contribution in [2.45, 2.75) is 42.9 Å². The van der Waals surface area contributed by atoms with Crippen LogP contribution in [0.25, 0.3) is 0 Å². The van der Waals surface area contributed by atoms with Crippen LogP contribution in [0.1, 0.15) is 43.2 Å². The molecular weight excluding hydrogens is 184 g/mol. The van der Waals surface area contributed by atoms with Gasteiger partial charge in [-0.3, -0.25) is 0 Å². The van der Waals surface area contributed by atoms with Crippen LogP contribution in [-0.4, -0.2) is 7.11 Å². The molecule has 0 amide bonds. The van der Waals surface area contributed by atoms with Gasteiger partial charge in [0.2, 0.25) is 0 Å². The van der Waals surface area contributed by atoms with Crippen LogP contribution < -0.4 is 4.74 Å². The maximum atomic E-state index is 5.35. The highest BCUT2D eigenvalue weighted by Crippen LogP contribution is 2.70. The van der Waals surface area contributed by atoms with Crippen LogP contribution in [0.2, 0.25) is 0 Å². The number of hydrogen-bond acceptors (Lipinski definition) is 1. The Morgan fingerprint density at radius 1 is 1.00 bits per heavy atom. The molecule has 0 N–H and O–H groups in total. The van der Waals surface area contributed by atoms with E-state index in [0.29, 0.717) is 10.8 Å². The summed E-state index contributed by atoms with van der Waals surface area (Å²) in [6.07, 6.45) is 7.11. The molecule has 1 aromatic carbocycles. The second kappa shape index (κ2) is 2.23. The lowest BCUT2D eigenvalue weighted by atomic mass is 9.97. The number of hydrogen-bond donors (Lipinski definition) is 0. The Bertz CT molecular complexity index is 439. The fourth-order valence-corrected chi connectivity index (χ4v) is 3.58. The molecule has 3 aliphatic rings. The second-order valence-electron chi connectivity index (χ2n) is 5.65. The third-order valence-corrected chi connectivity index (χ3v) is 4.75. The minimum atomic E-state index is 0.584. The summed E-state index contributed by atoms with van der Waals surface area (Å²) < 4.78 is 5.35. The van der Waals surface area contributed by atoms with Gasteiger partial charge in [0.1, 0.15) is 5.75 Å². The Hall–Kier alpha value is -0.980. The zero-order valence-corrected chi connectivity index (χ0v) is 9.18. The van der Waals surface area contributed by atoms with Gasteiger partial charge >= 0.3 is 0 Å². The van der Waals surface area contributed by atoms with Gasteiger partial charge in [0.15, 0.2) is 0 Å². The molecule has 0 atom stereocenters. The van der Waals surface area contributed by atoms with Crippen molar-refractivity contribution in [3.8, 4) is 5.75 Å². The number of benzene rings is 1. The summed E-state index contributed by atoms with van der Waals surface area (Å²) in [6.45, 7) is 0. The van der Waals surface area contributed by atoms with E-state index in [9.17, 15) is 0 Å². The van der Waals surface area contributed by atoms with Crippen LogP contribution in [0.3, 0.4) is 0 Å². The zero-order chi connectivity index (χ0) is 10.1. The summed E-state index contributed by atoms with van der Waals surface area (Å²) in [7, 11) is 1.77. The van der Waals surface area contributed by atoms with Gasteiger partial charge < -0.3 is 4.74 Å². The normalized spacial score (nSPS) is 26.7.